The lowest BCUT2D eigenvalue weighted by Gasteiger charge is -2.09. The third-order valence-corrected chi connectivity index (χ3v) is 4.27. The summed E-state index contributed by atoms with van der Waals surface area (Å²) >= 11 is 1.38. The van der Waals surface area contributed by atoms with Crippen molar-refractivity contribution in [3.63, 3.8) is 0 Å². The zero-order valence-electron chi connectivity index (χ0n) is 10.2. The number of fused-ring (bicyclic) bond motifs is 3. The van der Waals surface area contributed by atoms with E-state index in [2.05, 4.69) is 10.6 Å². The van der Waals surface area contributed by atoms with Crippen LogP contribution in [0.25, 0.3) is 10.1 Å². The highest BCUT2D eigenvalue weighted by atomic mass is 32.1. The Morgan fingerprint density at radius 2 is 2.26 bits per heavy atom. The molecule has 1 aliphatic rings. The van der Waals surface area contributed by atoms with Crippen molar-refractivity contribution < 1.29 is 14.7 Å². The number of nitrogens with one attached hydrogen (secondary N) is 2. The maximum atomic E-state index is 12.0. The van der Waals surface area contributed by atoms with Gasteiger partial charge in [-0.05, 0) is 25.1 Å². The van der Waals surface area contributed by atoms with Crippen LogP contribution < -0.4 is 10.6 Å². The predicted octanol–water partition coefficient (Wildman–Crippen LogP) is 2.14. The van der Waals surface area contributed by atoms with Crippen molar-refractivity contribution in [1.29, 1.82) is 0 Å². The minimum absolute atomic E-state index is 0.0461. The molecule has 1 aliphatic heterocycles. The molecule has 1 atom stereocenters. The lowest BCUT2D eigenvalue weighted by atomic mass is 10.1. The number of hydrogen-bond donors (Lipinski definition) is 3. The monoisotopic (exact) mass is 276 g/mol. The number of thiophene rings is 1. The summed E-state index contributed by atoms with van der Waals surface area (Å²) in [5, 5.41) is 16.0. The Morgan fingerprint density at radius 3 is 3.00 bits per heavy atom. The Bertz CT molecular complexity index is 692. The van der Waals surface area contributed by atoms with E-state index in [1.54, 1.807) is 18.2 Å². The number of amides is 1. The standard InChI is InChI=1S/C13H12N2O3S/c1-6-5-14-10-8-4-7(13(17)18)2-3-9(8)19-11(10)12(16)15-6/h2-4,6,14H,5H2,1H3,(H,15,16)(H,17,18)/t6-/m1/s1. The van der Waals surface area contributed by atoms with Crippen LogP contribution in [0.15, 0.2) is 18.2 Å². The zero-order chi connectivity index (χ0) is 13.6. The van der Waals surface area contributed by atoms with Gasteiger partial charge in [0.2, 0.25) is 0 Å². The summed E-state index contributed by atoms with van der Waals surface area (Å²) in [4.78, 5) is 23.7. The molecule has 6 heteroatoms. The summed E-state index contributed by atoms with van der Waals surface area (Å²) in [6.45, 7) is 2.55. The molecule has 0 saturated carbocycles. The van der Waals surface area contributed by atoms with E-state index in [9.17, 15) is 9.59 Å². The van der Waals surface area contributed by atoms with Crippen LogP contribution in [0, 0.1) is 0 Å². The molecule has 0 bridgehead atoms. The Kier molecular flexibility index (Phi) is 2.67. The van der Waals surface area contributed by atoms with Crippen LogP contribution in [0.2, 0.25) is 0 Å². The highest BCUT2D eigenvalue weighted by molar-refractivity contribution is 7.21. The molecule has 0 unspecified atom stereocenters. The summed E-state index contributed by atoms with van der Waals surface area (Å²) in [7, 11) is 0. The largest absolute Gasteiger partial charge is 0.478 e. The number of carbonyl (C=O) groups is 2. The number of rotatable bonds is 1. The second-order valence-electron chi connectivity index (χ2n) is 4.58. The van der Waals surface area contributed by atoms with E-state index in [0.717, 1.165) is 15.8 Å². The fourth-order valence-electron chi connectivity index (χ4n) is 2.16. The van der Waals surface area contributed by atoms with Gasteiger partial charge in [0, 0.05) is 22.7 Å². The molecule has 0 radical (unpaired) electrons. The van der Waals surface area contributed by atoms with Gasteiger partial charge in [0.05, 0.1) is 11.3 Å². The van der Waals surface area contributed by atoms with Crippen LogP contribution in [0.3, 0.4) is 0 Å². The molecule has 2 aromatic rings. The lowest BCUT2D eigenvalue weighted by molar-refractivity contribution is 0.0696. The predicted molar refractivity (Wildman–Crippen MR) is 74.2 cm³/mol. The Labute approximate surface area is 113 Å². The van der Waals surface area contributed by atoms with Crippen molar-refractivity contribution in [3.8, 4) is 0 Å². The molecule has 0 saturated heterocycles. The molecule has 0 aliphatic carbocycles. The van der Waals surface area contributed by atoms with E-state index in [4.69, 9.17) is 5.11 Å². The van der Waals surface area contributed by atoms with E-state index in [1.807, 2.05) is 6.92 Å². The van der Waals surface area contributed by atoms with E-state index in [0.29, 0.717) is 11.4 Å². The van der Waals surface area contributed by atoms with E-state index >= 15 is 0 Å². The van der Waals surface area contributed by atoms with Gasteiger partial charge >= 0.3 is 5.97 Å². The molecule has 2 heterocycles. The molecule has 98 valence electrons. The SMILES string of the molecule is C[C@@H]1CNc2c(sc3ccc(C(=O)O)cc23)C(=O)N1. The third-order valence-electron chi connectivity index (χ3n) is 3.10. The first-order valence-corrected chi connectivity index (χ1v) is 6.72. The average molecular weight is 276 g/mol. The summed E-state index contributed by atoms with van der Waals surface area (Å²) in [5.74, 6) is -1.07. The zero-order valence-corrected chi connectivity index (χ0v) is 11.0. The molecule has 3 N–H and O–H groups in total. The van der Waals surface area contributed by atoms with Crippen molar-refractivity contribution in [1.82, 2.24) is 5.32 Å². The molecule has 3 rings (SSSR count). The molecular formula is C13H12N2O3S. The fraction of sp³-hybridized carbons (Fsp3) is 0.231. The van der Waals surface area contributed by atoms with Crippen molar-refractivity contribution >= 4 is 39.0 Å². The summed E-state index contributed by atoms with van der Waals surface area (Å²) in [5.41, 5.74) is 0.970. The van der Waals surface area contributed by atoms with Crippen LogP contribution in [-0.2, 0) is 0 Å². The van der Waals surface area contributed by atoms with Crippen molar-refractivity contribution in [3.05, 3.63) is 28.6 Å². The van der Waals surface area contributed by atoms with Crippen LogP contribution in [0.4, 0.5) is 5.69 Å². The second-order valence-corrected chi connectivity index (χ2v) is 5.63. The molecule has 0 spiro atoms. The first-order valence-electron chi connectivity index (χ1n) is 5.91. The smallest absolute Gasteiger partial charge is 0.335 e. The molecule has 1 aromatic heterocycles. The Morgan fingerprint density at radius 1 is 1.47 bits per heavy atom. The van der Waals surface area contributed by atoms with Crippen LogP contribution in [0.5, 0.6) is 0 Å². The fourth-order valence-corrected chi connectivity index (χ4v) is 3.22. The van der Waals surface area contributed by atoms with Gasteiger partial charge in [0.1, 0.15) is 4.88 Å². The Hall–Kier alpha value is -2.08. The van der Waals surface area contributed by atoms with Gasteiger partial charge in [-0.25, -0.2) is 4.79 Å². The molecular weight excluding hydrogens is 264 g/mol. The number of carboxylic acids is 1. The normalized spacial score (nSPS) is 18.4. The minimum Gasteiger partial charge on any atom is -0.478 e. The van der Waals surface area contributed by atoms with Gasteiger partial charge in [-0.2, -0.15) is 0 Å². The van der Waals surface area contributed by atoms with E-state index in [-0.39, 0.29) is 17.5 Å². The number of aromatic carboxylic acids is 1. The van der Waals surface area contributed by atoms with Crippen LogP contribution in [0.1, 0.15) is 27.0 Å². The minimum atomic E-state index is -0.965. The van der Waals surface area contributed by atoms with Gasteiger partial charge in [-0.15, -0.1) is 11.3 Å². The first kappa shape index (κ1) is 12.0. The van der Waals surface area contributed by atoms with Gasteiger partial charge in [0.15, 0.2) is 0 Å². The highest BCUT2D eigenvalue weighted by Crippen LogP contribution is 2.37. The molecule has 0 fully saturated rings. The molecule has 1 amide bonds. The maximum absolute atomic E-state index is 12.0. The molecule has 19 heavy (non-hydrogen) atoms. The average Bonchev–Trinajstić information content (AvgIpc) is 2.67. The number of carbonyl (C=O) groups excluding carboxylic acids is 1. The first-order chi connectivity index (χ1) is 9.06. The van der Waals surface area contributed by atoms with Crippen LogP contribution in [-0.4, -0.2) is 29.6 Å². The number of anilines is 1. The summed E-state index contributed by atoms with van der Waals surface area (Å²) < 4.78 is 0.909. The van der Waals surface area contributed by atoms with Crippen molar-refractivity contribution in [2.45, 2.75) is 13.0 Å². The van der Waals surface area contributed by atoms with Crippen molar-refractivity contribution in [2.75, 3.05) is 11.9 Å². The van der Waals surface area contributed by atoms with E-state index < -0.39 is 5.97 Å². The lowest BCUT2D eigenvalue weighted by Crippen LogP contribution is -2.34. The quantitative estimate of drug-likeness (QED) is 0.745. The third kappa shape index (κ3) is 1.94. The molecule has 5 nitrogen and oxygen atoms in total. The van der Waals surface area contributed by atoms with E-state index in [1.165, 1.54) is 11.3 Å². The number of carboxylic acid groups (broad SMARTS) is 1. The van der Waals surface area contributed by atoms with Gasteiger partial charge in [0.25, 0.3) is 5.91 Å². The summed E-state index contributed by atoms with van der Waals surface area (Å²) in [6, 6.07) is 4.96. The van der Waals surface area contributed by atoms with Gasteiger partial charge in [-0.1, -0.05) is 0 Å². The van der Waals surface area contributed by atoms with Crippen molar-refractivity contribution in [2.24, 2.45) is 0 Å². The van der Waals surface area contributed by atoms with Gasteiger partial charge in [-0.3, -0.25) is 4.79 Å². The topological polar surface area (TPSA) is 78.4 Å². The highest BCUT2D eigenvalue weighted by Gasteiger charge is 2.23. The number of hydrogen-bond acceptors (Lipinski definition) is 4. The summed E-state index contributed by atoms with van der Waals surface area (Å²) in [6.07, 6.45) is 0. The van der Waals surface area contributed by atoms with Crippen LogP contribution >= 0.6 is 11.3 Å². The second kappa shape index (κ2) is 4.24. The maximum Gasteiger partial charge on any atom is 0.335 e. The molecule has 1 aromatic carbocycles. The van der Waals surface area contributed by atoms with Gasteiger partial charge < -0.3 is 15.7 Å². The number of benzene rings is 1. The Balaban J connectivity index is 2.21.